The zero-order chi connectivity index (χ0) is 14.3. The molecule has 106 valence electrons. The molecule has 0 unspecified atom stereocenters. The van der Waals surface area contributed by atoms with Gasteiger partial charge in [0.1, 0.15) is 4.90 Å². The molecule has 6 nitrogen and oxygen atoms in total. The lowest BCUT2D eigenvalue weighted by atomic mass is 9.93. The van der Waals surface area contributed by atoms with Crippen molar-refractivity contribution >= 4 is 21.4 Å². The van der Waals surface area contributed by atoms with E-state index in [0.29, 0.717) is 25.9 Å². The maximum atomic E-state index is 11.3. The van der Waals surface area contributed by atoms with Crippen LogP contribution >= 0.6 is 0 Å². The molecule has 5 N–H and O–H groups in total. The summed E-state index contributed by atoms with van der Waals surface area (Å²) in [5.41, 5.74) is 6.11. The molecule has 0 atom stereocenters. The first-order valence-corrected chi connectivity index (χ1v) is 7.63. The monoisotopic (exact) mass is 285 g/mol. The maximum Gasteiger partial charge on any atom is 0.240 e. The second-order valence-corrected chi connectivity index (χ2v) is 6.78. The summed E-state index contributed by atoms with van der Waals surface area (Å²) >= 11 is 0. The number of rotatable bonds is 2. The van der Waals surface area contributed by atoms with Crippen molar-refractivity contribution in [1.29, 1.82) is 0 Å². The van der Waals surface area contributed by atoms with Crippen LogP contribution in [-0.4, -0.2) is 32.2 Å². The number of piperidine rings is 1. The predicted octanol–water partition coefficient (Wildman–Crippen LogP) is 0.267. The van der Waals surface area contributed by atoms with Crippen LogP contribution in [-0.2, 0) is 10.0 Å². The van der Waals surface area contributed by atoms with Crippen molar-refractivity contribution < 1.29 is 13.5 Å². The molecule has 19 heavy (non-hydrogen) atoms. The number of aliphatic hydroxyl groups is 1. The highest BCUT2D eigenvalue weighted by molar-refractivity contribution is 7.89. The quantitative estimate of drug-likeness (QED) is 0.676. The second kappa shape index (κ2) is 4.66. The molecule has 0 aromatic heterocycles. The number of hydrogen-bond acceptors (Lipinski definition) is 5. The Morgan fingerprint density at radius 3 is 2.37 bits per heavy atom. The largest absolute Gasteiger partial charge is 0.398 e. The first kappa shape index (κ1) is 14.1. The molecule has 0 amide bonds. The number of hydrogen-bond donors (Lipinski definition) is 3. The summed E-state index contributed by atoms with van der Waals surface area (Å²) in [5, 5.41) is 15.0. The highest BCUT2D eigenvalue weighted by atomic mass is 32.2. The Morgan fingerprint density at radius 1 is 1.32 bits per heavy atom. The zero-order valence-corrected chi connectivity index (χ0v) is 11.7. The minimum absolute atomic E-state index is 0.0553. The molecule has 1 aromatic carbocycles. The van der Waals surface area contributed by atoms with E-state index in [2.05, 4.69) is 4.90 Å². The molecule has 1 aromatic rings. The zero-order valence-electron chi connectivity index (χ0n) is 10.8. The summed E-state index contributed by atoms with van der Waals surface area (Å²) < 4.78 is 22.6. The number of nitrogens with two attached hydrogens (primary N) is 2. The van der Waals surface area contributed by atoms with E-state index in [1.165, 1.54) is 6.07 Å². The van der Waals surface area contributed by atoms with E-state index in [0.717, 1.165) is 5.69 Å². The third kappa shape index (κ3) is 3.17. The van der Waals surface area contributed by atoms with Gasteiger partial charge in [-0.15, -0.1) is 0 Å². The SMILES string of the molecule is CC1(O)CCN(c2ccc(S(N)(=O)=O)c(N)c2)CC1. The Balaban J connectivity index is 2.22. The number of sulfonamides is 1. The second-order valence-electron chi connectivity index (χ2n) is 5.25. The highest BCUT2D eigenvalue weighted by Crippen LogP contribution is 2.29. The van der Waals surface area contributed by atoms with Crippen LogP contribution in [0.3, 0.4) is 0 Å². The van der Waals surface area contributed by atoms with Crippen molar-refractivity contribution in [3.8, 4) is 0 Å². The molecule has 1 saturated heterocycles. The van der Waals surface area contributed by atoms with Gasteiger partial charge in [-0.05, 0) is 38.0 Å². The van der Waals surface area contributed by atoms with Crippen molar-refractivity contribution in [2.75, 3.05) is 23.7 Å². The van der Waals surface area contributed by atoms with Gasteiger partial charge in [0, 0.05) is 18.8 Å². The fourth-order valence-corrected chi connectivity index (χ4v) is 2.88. The van der Waals surface area contributed by atoms with Crippen LogP contribution in [0.1, 0.15) is 19.8 Å². The Kier molecular flexibility index (Phi) is 3.46. The number of nitrogen functional groups attached to an aromatic ring is 1. The van der Waals surface area contributed by atoms with Gasteiger partial charge in [0.05, 0.1) is 11.3 Å². The minimum Gasteiger partial charge on any atom is -0.398 e. The highest BCUT2D eigenvalue weighted by Gasteiger charge is 2.27. The lowest BCUT2D eigenvalue weighted by Crippen LogP contribution is -2.42. The molecule has 1 heterocycles. The lowest BCUT2D eigenvalue weighted by Gasteiger charge is -2.37. The molecule has 0 radical (unpaired) electrons. The third-order valence-electron chi connectivity index (χ3n) is 3.51. The van der Waals surface area contributed by atoms with E-state index in [1.807, 2.05) is 6.92 Å². The van der Waals surface area contributed by atoms with E-state index >= 15 is 0 Å². The first-order valence-electron chi connectivity index (χ1n) is 6.09. The summed E-state index contributed by atoms with van der Waals surface area (Å²) in [6.45, 7) is 3.24. The van der Waals surface area contributed by atoms with Crippen LogP contribution in [0.4, 0.5) is 11.4 Å². The molecule has 2 rings (SSSR count). The van der Waals surface area contributed by atoms with Crippen LogP contribution in [0.2, 0.25) is 0 Å². The molecule has 0 saturated carbocycles. The average Bonchev–Trinajstić information content (AvgIpc) is 2.27. The van der Waals surface area contributed by atoms with Gasteiger partial charge in [-0.3, -0.25) is 0 Å². The fourth-order valence-electron chi connectivity index (χ4n) is 2.24. The maximum absolute atomic E-state index is 11.3. The van der Waals surface area contributed by atoms with Gasteiger partial charge in [-0.25, -0.2) is 13.6 Å². The van der Waals surface area contributed by atoms with Crippen molar-refractivity contribution in [2.45, 2.75) is 30.3 Å². The van der Waals surface area contributed by atoms with Gasteiger partial charge >= 0.3 is 0 Å². The predicted molar refractivity (Wildman–Crippen MR) is 74.3 cm³/mol. The van der Waals surface area contributed by atoms with E-state index in [9.17, 15) is 13.5 Å². The van der Waals surface area contributed by atoms with Crippen LogP contribution in [0, 0.1) is 0 Å². The molecule has 0 aliphatic carbocycles. The normalized spacial score (nSPS) is 19.4. The van der Waals surface area contributed by atoms with E-state index in [1.54, 1.807) is 12.1 Å². The first-order chi connectivity index (χ1) is 8.69. The Labute approximate surface area is 113 Å². The van der Waals surface area contributed by atoms with Gasteiger partial charge in [0.2, 0.25) is 10.0 Å². The molecule has 0 bridgehead atoms. The van der Waals surface area contributed by atoms with Crippen molar-refractivity contribution in [3.63, 3.8) is 0 Å². The summed E-state index contributed by atoms with van der Waals surface area (Å²) in [7, 11) is -3.78. The molecule has 1 fully saturated rings. The van der Waals surface area contributed by atoms with E-state index in [-0.39, 0.29) is 10.6 Å². The van der Waals surface area contributed by atoms with Crippen molar-refractivity contribution in [3.05, 3.63) is 18.2 Å². The van der Waals surface area contributed by atoms with E-state index < -0.39 is 15.6 Å². The molecule has 1 aliphatic heterocycles. The number of primary sulfonamides is 1. The summed E-state index contributed by atoms with van der Waals surface area (Å²) in [5.74, 6) is 0. The smallest absolute Gasteiger partial charge is 0.240 e. The minimum atomic E-state index is -3.78. The van der Waals surface area contributed by atoms with Gasteiger partial charge < -0.3 is 15.7 Å². The average molecular weight is 285 g/mol. The molecule has 1 aliphatic rings. The number of anilines is 2. The summed E-state index contributed by atoms with van der Waals surface area (Å²) in [4.78, 5) is 2.02. The van der Waals surface area contributed by atoms with Gasteiger partial charge in [0.25, 0.3) is 0 Å². The van der Waals surface area contributed by atoms with Gasteiger partial charge in [-0.2, -0.15) is 0 Å². The molecule has 0 spiro atoms. The van der Waals surface area contributed by atoms with Crippen LogP contribution < -0.4 is 15.8 Å². The standard InChI is InChI=1S/C12H19N3O3S/c1-12(16)4-6-15(7-5-12)9-2-3-11(10(13)8-9)19(14,17)18/h2-3,8,16H,4-7,13H2,1H3,(H2,14,17,18). The van der Waals surface area contributed by atoms with Crippen LogP contribution in [0.15, 0.2) is 23.1 Å². The third-order valence-corrected chi connectivity index (χ3v) is 4.49. The summed E-state index contributed by atoms with van der Waals surface area (Å²) in [6, 6.07) is 4.72. The van der Waals surface area contributed by atoms with Crippen LogP contribution in [0.25, 0.3) is 0 Å². The lowest BCUT2D eigenvalue weighted by molar-refractivity contribution is 0.0351. The summed E-state index contributed by atoms with van der Waals surface area (Å²) in [6.07, 6.45) is 1.34. The van der Waals surface area contributed by atoms with Crippen LogP contribution in [0.5, 0.6) is 0 Å². The van der Waals surface area contributed by atoms with E-state index in [4.69, 9.17) is 10.9 Å². The Morgan fingerprint density at radius 2 is 1.89 bits per heavy atom. The van der Waals surface area contributed by atoms with Crippen molar-refractivity contribution in [1.82, 2.24) is 0 Å². The topological polar surface area (TPSA) is 110 Å². The van der Waals surface area contributed by atoms with Gasteiger partial charge in [-0.1, -0.05) is 0 Å². The number of nitrogens with zero attached hydrogens (tertiary/aromatic N) is 1. The van der Waals surface area contributed by atoms with Crippen molar-refractivity contribution in [2.24, 2.45) is 5.14 Å². The molecular weight excluding hydrogens is 266 g/mol. The Bertz CT molecular complexity index is 574. The fraction of sp³-hybridized carbons (Fsp3) is 0.500. The molecule has 7 heteroatoms. The Hall–Kier alpha value is -1.31. The molecular formula is C12H19N3O3S. The number of benzene rings is 1. The van der Waals surface area contributed by atoms with Gasteiger partial charge in [0.15, 0.2) is 0 Å².